The molecule has 40 heavy (non-hydrogen) atoms. The van der Waals surface area contributed by atoms with Crippen molar-refractivity contribution in [2.45, 2.75) is 57.0 Å². The van der Waals surface area contributed by atoms with Gasteiger partial charge in [0.15, 0.2) is 5.82 Å². The first-order valence-corrected chi connectivity index (χ1v) is 13.5. The van der Waals surface area contributed by atoms with Crippen molar-refractivity contribution in [3.8, 4) is 6.07 Å². The maximum Gasteiger partial charge on any atom is 0.243 e. The van der Waals surface area contributed by atoms with Crippen LogP contribution in [0.4, 0.5) is 14.6 Å². The first kappa shape index (κ1) is 29.8. The number of benzene rings is 2. The van der Waals surface area contributed by atoms with E-state index in [1.54, 1.807) is 0 Å². The fourth-order valence-corrected chi connectivity index (χ4v) is 5.76. The van der Waals surface area contributed by atoms with Gasteiger partial charge >= 0.3 is 0 Å². The lowest BCUT2D eigenvalue weighted by molar-refractivity contribution is -0.118. The summed E-state index contributed by atoms with van der Waals surface area (Å²) in [7, 11) is 0. The summed E-state index contributed by atoms with van der Waals surface area (Å²) >= 11 is 12.2. The standard InChI is InChI=1S/C29H29Cl2F2N5O2/c1-28(2,3)12-22-29(15-34,19-8-7-16(30)11-21(19)32)24(18-5-4-6-20(31)25(18)33)26(37-22)27(40)38-23-14-35-17(9-10-39)13-36-23/h4-8,11,13-14,22,24,26,37,39H,9-10,12H2,1-3H3,(H,36,38,40)/t22-,24-,26+,29-/m0/s1. The van der Waals surface area contributed by atoms with Gasteiger partial charge < -0.3 is 15.7 Å². The second-order valence-electron chi connectivity index (χ2n) is 11.0. The SMILES string of the molecule is CC(C)(C)C[C@@H]1N[C@@H](C(=O)Nc2cnc(CCO)cn2)[C@H](c2cccc(Cl)c2F)[C@@]1(C#N)c1ccc(Cl)cc1F. The van der Waals surface area contributed by atoms with Crippen LogP contribution < -0.4 is 10.6 Å². The molecule has 0 unspecified atom stereocenters. The minimum absolute atomic E-state index is 0.00293. The Morgan fingerprint density at radius 2 is 1.95 bits per heavy atom. The van der Waals surface area contributed by atoms with Crippen molar-refractivity contribution in [1.82, 2.24) is 15.3 Å². The molecule has 210 valence electrons. The van der Waals surface area contributed by atoms with Crippen molar-refractivity contribution >= 4 is 34.9 Å². The van der Waals surface area contributed by atoms with Gasteiger partial charge in [-0.15, -0.1) is 0 Å². The molecule has 0 radical (unpaired) electrons. The van der Waals surface area contributed by atoms with Crippen LogP contribution in [-0.2, 0) is 16.6 Å². The van der Waals surface area contributed by atoms with Crippen LogP contribution in [0.2, 0.25) is 10.0 Å². The van der Waals surface area contributed by atoms with Gasteiger partial charge in [0.25, 0.3) is 0 Å². The molecule has 11 heteroatoms. The molecule has 7 nitrogen and oxygen atoms in total. The van der Waals surface area contributed by atoms with Crippen LogP contribution in [0.15, 0.2) is 48.8 Å². The normalized spacial score (nSPS) is 22.6. The number of aliphatic hydroxyl groups is 1. The summed E-state index contributed by atoms with van der Waals surface area (Å²) < 4.78 is 31.4. The molecular formula is C29H29Cl2F2N5O2. The number of carbonyl (C=O) groups excluding carboxylic acids is 1. The zero-order valence-corrected chi connectivity index (χ0v) is 23.7. The number of amides is 1. The summed E-state index contributed by atoms with van der Waals surface area (Å²) in [4.78, 5) is 22.2. The van der Waals surface area contributed by atoms with E-state index >= 15 is 8.78 Å². The van der Waals surface area contributed by atoms with Crippen molar-refractivity contribution < 1.29 is 18.7 Å². The summed E-state index contributed by atoms with van der Waals surface area (Å²) in [5.41, 5.74) is -1.57. The lowest BCUT2D eigenvalue weighted by atomic mass is 9.62. The summed E-state index contributed by atoms with van der Waals surface area (Å²) in [6.45, 7) is 5.77. The van der Waals surface area contributed by atoms with Gasteiger partial charge in [-0.2, -0.15) is 5.26 Å². The first-order valence-electron chi connectivity index (χ1n) is 12.7. The Hall–Kier alpha value is -3.16. The molecule has 2 heterocycles. The van der Waals surface area contributed by atoms with Crippen LogP contribution in [0, 0.1) is 28.4 Å². The van der Waals surface area contributed by atoms with Crippen LogP contribution in [0.3, 0.4) is 0 Å². The third-order valence-corrected chi connectivity index (χ3v) is 7.58. The van der Waals surface area contributed by atoms with E-state index < -0.39 is 41.0 Å². The van der Waals surface area contributed by atoms with Gasteiger partial charge in [-0.05, 0) is 35.6 Å². The number of halogens is 4. The number of aliphatic hydroxyl groups excluding tert-OH is 1. The lowest BCUT2D eigenvalue weighted by Crippen LogP contribution is -2.45. The summed E-state index contributed by atoms with van der Waals surface area (Å²) in [5, 5.41) is 25.9. The third kappa shape index (κ3) is 5.81. The monoisotopic (exact) mass is 587 g/mol. The minimum atomic E-state index is -1.73. The van der Waals surface area contributed by atoms with E-state index in [1.807, 2.05) is 20.8 Å². The summed E-state index contributed by atoms with van der Waals surface area (Å²) in [6, 6.07) is 8.68. The Bertz CT molecular complexity index is 1440. The number of hydrogen-bond acceptors (Lipinski definition) is 6. The van der Waals surface area contributed by atoms with Crippen molar-refractivity contribution in [2.75, 3.05) is 11.9 Å². The molecule has 3 aromatic rings. The number of rotatable bonds is 7. The molecule has 1 aliphatic heterocycles. The zero-order valence-electron chi connectivity index (χ0n) is 22.2. The Morgan fingerprint density at radius 1 is 1.20 bits per heavy atom. The maximum absolute atomic E-state index is 15.7. The predicted molar refractivity (Wildman–Crippen MR) is 149 cm³/mol. The largest absolute Gasteiger partial charge is 0.396 e. The van der Waals surface area contributed by atoms with E-state index in [0.29, 0.717) is 18.5 Å². The highest BCUT2D eigenvalue weighted by Gasteiger charge is 2.61. The van der Waals surface area contributed by atoms with E-state index in [2.05, 4.69) is 26.7 Å². The highest BCUT2D eigenvalue weighted by molar-refractivity contribution is 6.31. The molecule has 2 aromatic carbocycles. The molecule has 1 aromatic heterocycles. The Balaban J connectivity index is 1.90. The topological polar surface area (TPSA) is 111 Å². The van der Waals surface area contributed by atoms with Gasteiger partial charge in [0.2, 0.25) is 5.91 Å². The second kappa shape index (κ2) is 11.8. The highest BCUT2D eigenvalue weighted by atomic mass is 35.5. The van der Waals surface area contributed by atoms with Crippen LogP contribution in [0.5, 0.6) is 0 Å². The van der Waals surface area contributed by atoms with Crippen molar-refractivity contribution in [2.24, 2.45) is 5.41 Å². The molecule has 0 saturated carbocycles. The molecule has 0 spiro atoms. The summed E-state index contributed by atoms with van der Waals surface area (Å²) in [6.07, 6.45) is 3.41. The molecular weight excluding hydrogens is 559 g/mol. The predicted octanol–water partition coefficient (Wildman–Crippen LogP) is 5.56. The van der Waals surface area contributed by atoms with Gasteiger partial charge in [-0.1, -0.05) is 62.2 Å². The Kier molecular flexibility index (Phi) is 8.76. The fourth-order valence-electron chi connectivity index (χ4n) is 5.42. The average Bonchev–Trinajstić information content (AvgIpc) is 3.20. The van der Waals surface area contributed by atoms with Crippen molar-refractivity contribution in [3.05, 3.63) is 87.3 Å². The van der Waals surface area contributed by atoms with Crippen molar-refractivity contribution in [1.29, 1.82) is 5.26 Å². The average molecular weight is 588 g/mol. The molecule has 1 aliphatic rings. The molecule has 3 N–H and O–H groups in total. The molecule has 4 atom stereocenters. The van der Waals surface area contributed by atoms with Gasteiger partial charge in [0.05, 0.1) is 35.2 Å². The van der Waals surface area contributed by atoms with Crippen molar-refractivity contribution in [3.63, 3.8) is 0 Å². The number of anilines is 1. The zero-order chi connectivity index (χ0) is 29.2. The second-order valence-corrected chi connectivity index (χ2v) is 11.9. The molecule has 1 fully saturated rings. The van der Waals surface area contributed by atoms with E-state index in [1.165, 1.54) is 42.7 Å². The molecule has 1 amide bonds. The maximum atomic E-state index is 15.7. The Morgan fingerprint density at radius 3 is 2.55 bits per heavy atom. The smallest absolute Gasteiger partial charge is 0.243 e. The fraction of sp³-hybridized carbons (Fsp3) is 0.379. The number of nitrogens with one attached hydrogen (secondary N) is 2. The van der Waals surface area contributed by atoms with Crippen LogP contribution >= 0.6 is 23.2 Å². The third-order valence-electron chi connectivity index (χ3n) is 7.06. The first-order chi connectivity index (χ1) is 18.9. The molecule has 1 saturated heterocycles. The number of aromatic nitrogens is 2. The number of nitriles is 1. The van der Waals surface area contributed by atoms with E-state index in [-0.39, 0.29) is 39.0 Å². The van der Waals surface area contributed by atoms with Gasteiger partial charge in [0, 0.05) is 35.6 Å². The van der Waals surface area contributed by atoms with Gasteiger partial charge in [-0.25, -0.2) is 13.8 Å². The van der Waals surface area contributed by atoms with Crippen LogP contribution in [-0.4, -0.2) is 39.7 Å². The van der Waals surface area contributed by atoms with Crippen LogP contribution in [0.1, 0.15) is 49.9 Å². The van der Waals surface area contributed by atoms with Gasteiger partial charge in [-0.3, -0.25) is 9.78 Å². The number of carbonyl (C=O) groups is 1. The van der Waals surface area contributed by atoms with E-state index in [4.69, 9.17) is 28.3 Å². The Labute approximate surface area is 241 Å². The number of hydrogen-bond donors (Lipinski definition) is 3. The lowest BCUT2D eigenvalue weighted by Gasteiger charge is -2.37. The molecule has 0 bridgehead atoms. The molecule has 0 aliphatic carbocycles. The quantitative estimate of drug-likeness (QED) is 0.334. The number of nitrogens with zero attached hydrogens (tertiary/aromatic N) is 3. The van der Waals surface area contributed by atoms with E-state index in [9.17, 15) is 10.1 Å². The van der Waals surface area contributed by atoms with Crippen LogP contribution in [0.25, 0.3) is 0 Å². The highest BCUT2D eigenvalue weighted by Crippen LogP contribution is 2.52. The summed E-state index contributed by atoms with van der Waals surface area (Å²) in [5.74, 6) is -3.22. The molecule has 4 rings (SSSR count). The minimum Gasteiger partial charge on any atom is -0.396 e. The van der Waals surface area contributed by atoms with E-state index in [0.717, 1.165) is 6.07 Å². The van der Waals surface area contributed by atoms with Gasteiger partial charge in [0.1, 0.15) is 17.0 Å².